The summed E-state index contributed by atoms with van der Waals surface area (Å²) in [6.07, 6.45) is -3.74. The van der Waals surface area contributed by atoms with E-state index in [2.05, 4.69) is 15.6 Å². The average molecular weight is 385 g/mol. The van der Waals surface area contributed by atoms with E-state index in [1.54, 1.807) is 0 Å². The van der Waals surface area contributed by atoms with Gasteiger partial charge in [0.05, 0.1) is 17.4 Å². The molecule has 10 heteroatoms. The molecule has 0 aliphatic rings. The van der Waals surface area contributed by atoms with Gasteiger partial charge in [-0.1, -0.05) is 11.6 Å². The maximum Gasteiger partial charge on any atom is 0.419 e. The Morgan fingerprint density at radius 3 is 2.48 bits per heavy atom. The molecule has 0 aliphatic carbocycles. The fourth-order valence-corrected chi connectivity index (χ4v) is 2.11. The van der Waals surface area contributed by atoms with Crippen molar-refractivity contribution in [2.24, 2.45) is 0 Å². The van der Waals surface area contributed by atoms with Crippen LogP contribution in [0.1, 0.15) is 21.6 Å². The van der Waals surface area contributed by atoms with Crippen molar-refractivity contribution in [1.29, 1.82) is 5.26 Å². The molecule has 25 heavy (non-hydrogen) atoms. The van der Waals surface area contributed by atoms with Crippen molar-refractivity contribution in [3.05, 3.63) is 58.4 Å². The number of nitrogens with one attached hydrogen (secondary N) is 2. The van der Waals surface area contributed by atoms with Crippen molar-refractivity contribution in [2.45, 2.75) is 6.18 Å². The fourth-order valence-electron chi connectivity index (χ4n) is 1.78. The van der Waals surface area contributed by atoms with Crippen LogP contribution < -0.4 is 10.6 Å². The minimum atomic E-state index is -4.75. The average Bonchev–Trinajstić information content (AvgIpc) is 2.54. The van der Waals surface area contributed by atoms with Gasteiger partial charge >= 0.3 is 6.18 Å². The highest BCUT2D eigenvalue weighted by Crippen LogP contribution is 2.32. The van der Waals surface area contributed by atoms with Crippen molar-refractivity contribution in [3.8, 4) is 6.07 Å². The summed E-state index contributed by atoms with van der Waals surface area (Å²) >= 11 is 10.6. The normalized spacial score (nSPS) is 10.7. The van der Waals surface area contributed by atoms with E-state index in [4.69, 9.17) is 29.1 Å². The molecule has 0 radical (unpaired) electrons. The molecular formula is C15H8ClF3N4OS. The van der Waals surface area contributed by atoms with Crippen LogP contribution in [0.15, 0.2) is 36.5 Å². The number of rotatable bonds is 2. The molecule has 0 bridgehead atoms. The second kappa shape index (κ2) is 7.46. The van der Waals surface area contributed by atoms with E-state index in [9.17, 15) is 18.0 Å². The smallest absolute Gasteiger partial charge is 0.331 e. The molecule has 0 unspecified atom stereocenters. The molecule has 2 rings (SSSR count). The summed E-state index contributed by atoms with van der Waals surface area (Å²) in [5.41, 5.74) is -1.81. The quantitative estimate of drug-likeness (QED) is 0.771. The first kappa shape index (κ1) is 18.6. The van der Waals surface area contributed by atoms with Gasteiger partial charge < -0.3 is 5.32 Å². The van der Waals surface area contributed by atoms with E-state index in [0.717, 1.165) is 6.20 Å². The van der Waals surface area contributed by atoms with Crippen LogP contribution in [0.3, 0.4) is 0 Å². The minimum absolute atomic E-state index is 0.118. The third-order valence-corrected chi connectivity index (χ3v) is 3.35. The second-order valence-corrected chi connectivity index (χ2v) is 5.49. The molecule has 0 saturated heterocycles. The molecule has 2 N–H and O–H groups in total. The lowest BCUT2D eigenvalue weighted by Gasteiger charge is -2.12. The number of thiocarbonyl (C=S) groups is 1. The van der Waals surface area contributed by atoms with Crippen LogP contribution in [0, 0.1) is 11.3 Å². The first-order valence-corrected chi connectivity index (χ1v) is 7.34. The Labute approximate surface area is 150 Å². The van der Waals surface area contributed by atoms with Crippen LogP contribution in [-0.4, -0.2) is 16.0 Å². The predicted molar refractivity (Wildman–Crippen MR) is 89.1 cm³/mol. The van der Waals surface area contributed by atoms with Gasteiger partial charge in [-0.05, 0) is 42.5 Å². The van der Waals surface area contributed by atoms with Crippen molar-refractivity contribution in [3.63, 3.8) is 0 Å². The number of nitriles is 1. The van der Waals surface area contributed by atoms with Gasteiger partial charge in [0, 0.05) is 10.6 Å². The van der Waals surface area contributed by atoms with Crippen LogP contribution in [-0.2, 0) is 6.18 Å². The summed E-state index contributed by atoms with van der Waals surface area (Å²) in [6.45, 7) is 0. The van der Waals surface area contributed by atoms with E-state index in [1.807, 2.05) is 0 Å². The maximum atomic E-state index is 12.9. The Bertz CT molecular complexity index is 863. The number of anilines is 1. The lowest BCUT2D eigenvalue weighted by molar-refractivity contribution is -0.138. The minimum Gasteiger partial charge on any atom is -0.331 e. The summed E-state index contributed by atoms with van der Waals surface area (Å²) < 4.78 is 38.7. The van der Waals surface area contributed by atoms with Crippen molar-refractivity contribution < 1.29 is 18.0 Å². The van der Waals surface area contributed by atoms with Gasteiger partial charge in [0.25, 0.3) is 5.91 Å². The van der Waals surface area contributed by atoms with Crippen LogP contribution in [0.25, 0.3) is 0 Å². The summed E-state index contributed by atoms with van der Waals surface area (Å²) in [7, 11) is 0. The first-order valence-electron chi connectivity index (χ1n) is 6.56. The van der Waals surface area contributed by atoms with Crippen LogP contribution >= 0.6 is 23.8 Å². The molecule has 5 nitrogen and oxygen atoms in total. The lowest BCUT2D eigenvalue weighted by atomic mass is 10.2. The highest BCUT2D eigenvalue weighted by Gasteiger charge is 2.34. The molecule has 1 aromatic heterocycles. The standard InChI is InChI=1S/C15H8ClF3N4OS/c16-9-3-1-8(2-4-9)13(24)23-14(25)22-10-5-11(15(17,18)19)12(6-20)21-7-10/h1-5,7H,(H2,22,23,24,25). The Morgan fingerprint density at radius 2 is 1.92 bits per heavy atom. The highest BCUT2D eigenvalue weighted by atomic mass is 35.5. The van der Waals surface area contributed by atoms with Gasteiger partial charge in [-0.15, -0.1) is 0 Å². The second-order valence-electron chi connectivity index (χ2n) is 4.64. The number of carbonyl (C=O) groups is 1. The van der Waals surface area contributed by atoms with Crippen molar-refractivity contribution in [1.82, 2.24) is 10.3 Å². The topological polar surface area (TPSA) is 77.8 Å². The SMILES string of the molecule is N#Cc1ncc(NC(=S)NC(=O)c2ccc(Cl)cc2)cc1C(F)(F)F. The Morgan fingerprint density at radius 1 is 1.28 bits per heavy atom. The molecule has 128 valence electrons. The number of alkyl halides is 3. The third-order valence-electron chi connectivity index (χ3n) is 2.89. The number of carbonyl (C=O) groups excluding carboxylic acids is 1. The van der Waals surface area contributed by atoms with Gasteiger partial charge in [0.15, 0.2) is 10.8 Å². The molecular weight excluding hydrogens is 377 g/mol. The highest BCUT2D eigenvalue weighted by molar-refractivity contribution is 7.80. The van der Waals surface area contributed by atoms with E-state index in [1.165, 1.54) is 30.3 Å². The molecule has 0 aliphatic heterocycles. The molecule has 0 atom stereocenters. The number of benzene rings is 1. The zero-order chi connectivity index (χ0) is 18.6. The number of halogens is 4. The summed E-state index contributed by atoms with van der Waals surface area (Å²) in [5, 5.41) is 13.7. The van der Waals surface area contributed by atoms with Crippen LogP contribution in [0.4, 0.5) is 18.9 Å². The number of pyridine rings is 1. The molecule has 0 fully saturated rings. The molecule has 1 aromatic carbocycles. The zero-order valence-electron chi connectivity index (χ0n) is 12.2. The maximum absolute atomic E-state index is 12.9. The number of nitrogens with zero attached hydrogens (tertiary/aromatic N) is 2. The summed E-state index contributed by atoms with van der Waals surface area (Å²) in [4.78, 5) is 15.4. The fraction of sp³-hybridized carbons (Fsp3) is 0.0667. The monoisotopic (exact) mass is 384 g/mol. The Balaban J connectivity index is 2.11. The molecule has 1 heterocycles. The molecule has 0 saturated carbocycles. The summed E-state index contributed by atoms with van der Waals surface area (Å²) in [6, 6.07) is 8.00. The first-order chi connectivity index (χ1) is 11.7. The lowest BCUT2D eigenvalue weighted by Crippen LogP contribution is -2.34. The molecule has 2 aromatic rings. The Hall–Kier alpha value is -2.70. The van der Waals surface area contributed by atoms with Crippen LogP contribution in [0.5, 0.6) is 0 Å². The number of hydrogen-bond acceptors (Lipinski definition) is 4. The van der Waals surface area contributed by atoms with Crippen LogP contribution in [0.2, 0.25) is 5.02 Å². The van der Waals surface area contributed by atoms with E-state index < -0.39 is 23.3 Å². The number of hydrogen-bond donors (Lipinski definition) is 2. The van der Waals surface area contributed by atoms with E-state index in [0.29, 0.717) is 11.1 Å². The largest absolute Gasteiger partial charge is 0.419 e. The van der Waals surface area contributed by atoms with Gasteiger partial charge in [-0.3, -0.25) is 10.1 Å². The summed E-state index contributed by atoms with van der Waals surface area (Å²) in [5.74, 6) is -0.563. The van der Waals surface area contributed by atoms with E-state index in [-0.39, 0.29) is 16.4 Å². The van der Waals surface area contributed by atoms with Crippen molar-refractivity contribution in [2.75, 3.05) is 5.32 Å². The van der Waals surface area contributed by atoms with Crippen molar-refractivity contribution >= 4 is 40.5 Å². The van der Waals surface area contributed by atoms with Gasteiger partial charge in [0.1, 0.15) is 6.07 Å². The third kappa shape index (κ3) is 4.89. The number of aromatic nitrogens is 1. The number of amides is 1. The molecule has 0 spiro atoms. The zero-order valence-corrected chi connectivity index (χ0v) is 13.8. The van der Waals surface area contributed by atoms with E-state index >= 15 is 0 Å². The molecule has 1 amide bonds. The van der Waals surface area contributed by atoms with Gasteiger partial charge in [0.2, 0.25) is 0 Å². The predicted octanol–water partition coefficient (Wildman–Crippen LogP) is 3.75. The van der Waals surface area contributed by atoms with Gasteiger partial charge in [-0.2, -0.15) is 18.4 Å². The Kier molecular flexibility index (Phi) is 5.56. The van der Waals surface area contributed by atoms with Gasteiger partial charge in [-0.25, -0.2) is 4.98 Å².